The van der Waals surface area contributed by atoms with Crippen LogP contribution in [0.3, 0.4) is 0 Å². The fourth-order valence-electron chi connectivity index (χ4n) is 1.36. The summed E-state index contributed by atoms with van der Waals surface area (Å²) < 4.78 is 17.0. The van der Waals surface area contributed by atoms with Crippen molar-refractivity contribution in [3.63, 3.8) is 0 Å². The molecule has 0 saturated heterocycles. The molecule has 114 valence electrons. The summed E-state index contributed by atoms with van der Waals surface area (Å²) in [4.78, 5) is 29.9. The van der Waals surface area contributed by atoms with E-state index in [1.165, 1.54) is 0 Å². The topological polar surface area (TPSA) is 83.8 Å². The molecule has 0 rings (SSSR count). The van der Waals surface area contributed by atoms with Crippen molar-refractivity contribution >= 4 is 21.7 Å². The number of hydrogen-bond donors (Lipinski definition) is 2. The average molecular weight is 310 g/mol. The van der Waals surface area contributed by atoms with Crippen LogP contribution in [0.5, 0.6) is 0 Å². The molecular weight excluding hydrogens is 283 g/mol. The Bertz CT molecular complexity index is 367. The van der Waals surface area contributed by atoms with Gasteiger partial charge in [0.25, 0.3) is 0 Å². The third-order valence-corrected chi connectivity index (χ3v) is 8.69. The van der Waals surface area contributed by atoms with Crippen molar-refractivity contribution in [2.45, 2.75) is 58.9 Å². The lowest BCUT2D eigenvalue weighted by Gasteiger charge is -2.40. The van der Waals surface area contributed by atoms with E-state index in [1.807, 2.05) is 26.9 Å². The SMILES string of the molecule is CC(C)[C@H](O[Si](C)(C)C(C)(C)C)C(=O)CP(=O)(O)O. The molecule has 0 aliphatic rings. The molecule has 0 aliphatic heterocycles. The van der Waals surface area contributed by atoms with Crippen molar-refractivity contribution in [1.29, 1.82) is 0 Å². The van der Waals surface area contributed by atoms with Gasteiger partial charge in [0.15, 0.2) is 14.1 Å². The number of carbonyl (C=O) groups is 1. The lowest BCUT2D eigenvalue weighted by Crippen LogP contribution is -2.48. The largest absolute Gasteiger partial charge is 0.407 e. The van der Waals surface area contributed by atoms with Crippen LogP contribution >= 0.6 is 7.60 Å². The maximum Gasteiger partial charge on any atom is 0.333 e. The van der Waals surface area contributed by atoms with Crippen molar-refractivity contribution in [1.82, 2.24) is 0 Å². The molecule has 0 aliphatic carbocycles. The van der Waals surface area contributed by atoms with Gasteiger partial charge in [-0.05, 0) is 24.1 Å². The van der Waals surface area contributed by atoms with Gasteiger partial charge >= 0.3 is 7.60 Å². The molecule has 19 heavy (non-hydrogen) atoms. The first-order valence-corrected chi connectivity index (χ1v) is 11.1. The van der Waals surface area contributed by atoms with Crippen LogP contribution in [0.1, 0.15) is 34.6 Å². The molecule has 0 fully saturated rings. The Kier molecular flexibility index (Phi) is 6.18. The molecule has 0 radical (unpaired) electrons. The van der Waals surface area contributed by atoms with Crippen molar-refractivity contribution in [3.8, 4) is 0 Å². The van der Waals surface area contributed by atoms with E-state index in [2.05, 4.69) is 20.8 Å². The van der Waals surface area contributed by atoms with Gasteiger partial charge in [-0.25, -0.2) is 0 Å². The number of carbonyl (C=O) groups excluding carboxylic acids is 1. The minimum absolute atomic E-state index is 0.0530. The fourth-order valence-corrected chi connectivity index (χ4v) is 3.34. The first-order valence-electron chi connectivity index (χ1n) is 6.42. The van der Waals surface area contributed by atoms with Crippen LogP contribution in [0.25, 0.3) is 0 Å². The molecule has 0 heterocycles. The molecule has 2 N–H and O–H groups in total. The van der Waals surface area contributed by atoms with Crippen LogP contribution in [0.15, 0.2) is 0 Å². The lowest BCUT2D eigenvalue weighted by molar-refractivity contribution is -0.125. The van der Waals surface area contributed by atoms with Crippen molar-refractivity contribution < 1.29 is 23.6 Å². The predicted octanol–water partition coefficient (Wildman–Crippen LogP) is 2.78. The van der Waals surface area contributed by atoms with E-state index in [9.17, 15) is 9.36 Å². The molecule has 0 saturated carbocycles. The lowest BCUT2D eigenvalue weighted by atomic mass is 10.0. The standard InChI is InChI=1S/C12H27O5PSi/c1-9(2)11(10(13)8-18(14,15)16)17-19(6,7)12(3,4)5/h9,11H,8H2,1-7H3,(H2,14,15,16)/t11-/m0/s1. The summed E-state index contributed by atoms with van der Waals surface area (Å²) in [5.41, 5.74) is 0. The summed E-state index contributed by atoms with van der Waals surface area (Å²) >= 11 is 0. The number of ketones is 1. The first-order chi connectivity index (χ1) is 8.17. The second-order valence-corrected chi connectivity index (χ2v) is 13.2. The molecular formula is C12H27O5PSi. The maximum absolute atomic E-state index is 12.0. The Morgan fingerprint density at radius 2 is 1.68 bits per heavy atom. The van der Waals surface area contributed by atoms with Crippen LogP contribution in [-0.2, 0) is 13.8 Å². The number of Topliss-reactive ketones (excluding diaryl/α,β-unsaturated/α-hetero) is 1. The van der Waals surface area contributed by atoms with Crippen LogP contribution in [0, 0.1) is 5.92 Å². The van der Waals surface area contributed by atoms with Gasteiger partial charge in [0.05, 0.1) is 0 Å². The summed E-state index contributed by atoms with van der Waals surface area (Å²) in [5, 5.41) is -0.0530. The van der Waals surface area contributed by atoms with Crippen LogP contribution in [-0.4, -0.2) is 36.2 Å². The Morgan fingerprint density at radius 1 is 1.26 bits per heavy atom. The molecule has 0 aromatic rings. The van der Waals surface area contributed by atoms with E-state index < -0.39 is 34.0 Å². The van der Waals surface area contributed by atoms with Crippen molar-refractivity contribution in [3.05, 3.63) is 0 Å². The Morgan fingerprint density at radius 3 is 1.95 bits per heavy atom. The monoisotopic (exact) mass is 310 g/mol. The minimum Gasteiger partial charge on any atom is -0.407 e. The van der Waals surface area contributed by atoms with Crippen molar-refractivity contribution in [2.24, 2.45) is 5.92 Å². The van der Waals surface area contributed by atoms with E-state index in [4.69, 9.17) is 14.2 Å². The van der Waals surface area contributed by atoms with Crippen molar-refractivity contribution in [2.75, 3.05) is 6.16 Å². The smallest absolute Gasteiger partial charge is 0.333 e. The highest BCUT2D eigenvalue weighted by Crippen LogP contribution is 2.39. The molecule has 0 bridgehead atoms. The molecule has 5 nitrogen and oxygen atoms in total. The Hall–Kier alpha value is -0.00312. The molecule has 0 spiro atoms. The maximum atomic E-state index is 12.0. The normalized spacial score (nSPS) is 15.7. The van der Waals surface area contributed by atoms with E-state index in [0.29, 0.717) is 0 Å². The third kappa shape index (κ3) is 6.32. The second-order valence-electron chi connectivity index (χ2n) is 6.83. The zero-order chi connectivity index (χ0) is 15.6. The summed E-state index contributed by atoms with van der Waals surface area (Å²) in [6, 6.07) is 0. The zero-order valence-electron chi connectivity index (χ0n) is 12.9. The highest BCUT2D eigenvalue weighted by atomic mass is 31.2. The second kappa shape index (κ2) is 6.18. The minimum atomic E-state index is -4.34. The predicted molar refractivity (Wildman–Crippen MR) is 78.8 cm³/mol. The molecule has 0 aromatic carbocycles. The van der Waals surface area contributed by atoms with E-state index in [1.54, 1.807) is 0 Å². The highest BCUT2D eigenvalue weighted by molar-refractivity contribution is 7.52. The molecule has 0 unspecified atom stereocenters. The van der Waals surface area contributed by atoms with E-state index in [-0.39, 0.29) is 11.0 Å². The number of rotatable bonds is 6. The van der Waals surface area contributed by atoms with E-state index >= 15 is 0 Å². The fraction of sp³-hybridized carbons (Fsp3) is 0.917. The Balaban J connectivity index is 5.06. The third-order valence-electron chi connectivity index (χ3n) is 3.51. The van der Waals surface area contributed by atoms with Crippen LogP contribution < -0.4 is 0 Å². The quantitative estimate of drug-likeness (QED) is 0.582. The van der Waals surface area contributed by atoms with E-state index in [0.717, 1.165) is 0 Å². The molecule has 0 amide bonds. The first kappa shape index (κ1) is 19.0. The van der Waals surface area contributed by atoms with Gasteiger partial charge in [-0.3, -0.25) is 9.36 Å². The Labute approximate surface area is 117 Å². The zero-order valence-corrected chi connectivity index (χ0v) is 14.8. The molecule has 7 heteroatoms. The number of hydrogen-bond acceptors (Lipinski definition) is 3. The summed E-state index contributed by atoms with van der Waals surface area (Å²) in [6.45, 7) is 13.9. The van der Waals surface area contributed by atoms with Crippen LogP contribution in [0.2, 0.25) is 18.1 Å². The van der Waals surface area contributed by atoms with Gasteiger partial charge in [-0.2, -0.15) is 0 Å². The highest BCUT2D eigenvalue weighted by Gasteiger charge is 2.42. The molecule has 1 atom stereocenters. The van der Waals surface area contributed by atoms with Gasteiger partial charge in [0.2, 0.25) is 0 Å². The van der Waals surface area contributed by atoms with Gasteiger partial charge < -0.3 is 14.2 Å². The van der Waals surface area contributed by atoms with Crippen LogP contribution in [0.4, 0.5) is 0 Å². The van der Waals surface area contributed by atoms with Gasteiger partial charge in [-0.15, -0.1) is 0 Å². The summed E-state index contributed by atoms with van der Waals surface area (Å²) in [5.74, 6) is -0.610. The molecule has 0 aromatic heterocycles. The van der Waals surface area contributed by atoms with Gasteiger partial charge in [0.1, 0.15) is 12.3 Å². The summed E-state index contributed by atoms with van der Waals surface area (Å²) in [7, 11) is -6.48. The average Bonchev–Trinajstić information content (AvgIpc) is 2.08. The van der Waals surface area contributed by atoms with Gasteiger partial charge in [-0.1, -0.05) is 34.6 Å². The van der Waals surface area contributed by atoms with Gasteiger partial charge in [0, 0.05) is 0 Å². The summed E-state index contributed by atoms with van der Waals surface area (Å²) in [6.07, 6.45) is -1.49.